The SMILES string of the molecule is COc1ccc(-c2ccncc2/C=C/C(=O)Nc2ccc(CCc3nnco3)cc2)cc1. The second kappa shape index (κ2) is 10.2. The van der Waals surface area contributed by atoms with Crippen molar-refractivity contribution >= 4 is 17.7 Å². The molecule has 1 amide bonds. The zero-order valence-electron chi connectivity index (χ0n) is 17.6. The minimum Gasteiger partial charge on any atom is -0.497 e. The van der Waals surface area contributed by atoms with E-state index in [1.807, 2.05) is 54.6 Å². The summed E-state index contributed by atoms with van der Waals surface area (Å²) in [5.41, 5.74) is 4.70. The van der Waals surface area contributed by atoms with Gasteiger partial charge >= 0.3 is 0 Å². The lowest BCUT2D eigenvalue weighted by Crippen LogP contribution is -2.07. The number of pyridine rings is 1. The van der Waals surface area contributed by atoms with Crippen LogP contribution in [0.25, 0.3) is 17.2 Å². The zero-order chi connectivity index (χ0) is 22.2. The highest BCUT2D eigenvalue weighted by atomic mass is 16.5. The van der Waals surface area contributed by atoms with Crippen LogP contribution < -0.4 is 10.1 Å². The van der Waals surface area contributed by atoms with Gasteiger partial charge in [0.1, 0.15) is 5.75 Å². The van der Waals surface area contributed by atoms with Gasteiger partial charge in [0.25, 0.3) is 0 Å². The fourth-order valence-electron chi connectivity index (χ4n) is 3.23. The van der Waals surface area contributed by atoms with Gasteiger partial charge in [-0.15, -0.1) is 10.2 Å². The van der Waals surface area contributed by atoms with Crippen molar-refractivity contribution in [3.8, 4) is 16.9 Å². The predicted molar refractivity (Wildman–Crippen MR) is 122 cm³/mol. The molecule has 2 aromatic heterocycles. The van der Waals surface area contributed by atoms with Crippen LogP contribution in [0.3, 0.4) is 0 Å². The van der Waals surface area contributed by atoms with Gasteiger partial charge in [0.15, 0.2) is 0 Å². The average molecular weight is 426 g/mol. The van der Waals surface area contributed by atoms with E-state index in [-0.39, 0.29) is 5.91 Å². The molecule has 0 aliphatic heterocycles. The third-order valence-corrected chi connectivity index (χ3v) is 4.92. The van der Waals surface area contributed by atoms with Crippen LogP contribution in [-0.2, 0) is 17.6 Å². The number of hydrogen-bond donors (Lipinski definition) is 1. The Labute approximate surface area is 185 Å². The van der Waals surface area contributed by atoms with Crippen LogP contribution >= 0.6 is 0 Å². The summed E-state index contributed by atoms with van der Waals surface area (Å²) in [5.74, 6) is 1.19. The number of amides is 1. The van der Waals surface area contributed by atoms with Crippen LogP contribution in [0.4, 0.5) is 5.69 Å². The third kappa shape index (κ3) is 5.46. The molecule has 4 aromatic rings. The Hall–Kier alpha value is -4.26. The molecule has 0 bridgehead atoms. The minimum atomic E-state index is -0.215. The molecule has 0 saturated carbocycles. The van der Waals surface area contributed by atoms with E-state index in [1.165, 1.54) is 12.5 Å². The highest BCUT2D eigenvalue weighted by Gasteiger charge is 2.05. The Balaban J connectivity index is 1.38. The number of benzene rings is 2. The minimum absolute atomic E-state index is 0.215. The number of nitrogens with one attached hydrogen (secondary N) is 1. The second-order valence-corrected chi connectivity index (χ2v) is 7.04. The van der Waals surface area contributed by atoms with Gasteiger partial charge in [0.2, 0.25) is 18.2 Å². The molecular weight excluding hydrogens is 404 g/mol. The molecule has 0 saturated heterocycles. The monoisotopic (exact) mass is 426 g/mol. The number of carbonyl (C=O) groups is 1. The van der Waals surface area contributed by atoms with Gasteiger partial charge < -0.3 is 14.5 Å². The number of ether oxygens (including phenoxy) is 1. The molecule has 0 unspecified atom stereocenters. The lowest BCUT2D eigenvalue weighted by atomic mass is 10.0. The molecule has 32 heavy (non-hydrogen) atoms. The van der Waals surface area contributed by atoms with Crippen LogP contribution in [0, 0.1) is 0 Å². The summed E-state index contributed by atoms with van der Waals surface area (Å²) in [5, 5.41) is 10.4. The maximum absolute atomic E-state index is 12.4. The van der Waals surface area contributed by atoms with Crippen LogP contribution in [0.2, 0.25) is 0 Å². The molecule has 0 aliphatic carbocycles. The van der Waals surface area contributed by atoms with E-state index in [0.29, 0.717) is 12.3 Å². The van der Waals surface area contributed by atoms with E-state index in [2.05, 4.69) is 20.5 Å². The number of aryl methyl sites for hydroxylation is 2. The lowest BCUT2D eigenvalue weighted by molar-refractivity contribution is -0.111. The van der Waals surface area contributed by atoms with E-state index < -0.39 is 0 Å². The van der Waals surface area contributed by atoms with E-state index in [9.17, 15) is 4.79 Å². The van der Waals surface area contributed by atoms with Gasteiger partial charge in [-0.1, -0.05) is 24.3 Å². The van der Waals surface area contributed by atoms with E-state index >= 15 is 0 Å². The van der Waals surface area contributed by atoms with Crippen molar-refractivity contribution in [1.29, 1.82) is 0 Å². The number of rotatable bonds is 8. The first-order valence-corrected chi connectivity index (χ1v) is 10.1. The fraction of sp³-hybridized carbons (Fsp3) is 0.120. The molecule has 4 rings (SSSR count). The van der Waals surface area contributed by atoms with E-state index in [1.54, 1.807) is 25.6 Å². The molecule has 0 atom stereocenters. The Bertz CT molecular complexity index is 1180. The van der Waals surface area contributed by atoms with Crippen LogP contribution in [-0.4, -0.2) is 28.2 Å². The zero-order valence-corrected chi connectivity index (χ0v) is 17.6. The van der Waals surface area contributed by atoms with Gasteiger partial charge in [-0.2, -0.15) is 0 Å². The number of methoxy groups -OCH3 is 1. The quantitative estimate of drug-likeness (QED) is 0.415. The van der Waals surface area contributed by atoms with E-state index in [0.717, 1.165) is 40.1 Å². The summed E-state index contributed by atoms with van der Waals surface area (Å²) < 4.78 is 10.4. The number of aromatic nitrogens is 3. The molecule has 160 valence electrons. The third-order valence-electron chi connectivity index (χ3n) is 4.92. The van der Waals surface area contributed by atoms with Crippen LogP contribution in [0.15, 0.2) is 83.9 Å². The van der Waals surface area contributed by atoms with Crippen molar-refractivity contribution in [1.82, 2.24) is 15.2 Å². The molecule has 7 heteroatoms. The second-order valence-electron chi connectivity index (χ2n) is 7.04. The number of nitrogens with zero attached hydrogens (tertiary/aromatic N) is 3. The van der Waals surface area contributed by atoms with Gasteiger partial charge in [-0.3, -0.25) is 9.78 Å². The first kappa shape index (κ1) is 21.0. The maximum Gasteiger partial charge on any atom is 0.248 e. The largest absolute Gasteiger partial charge is 0.497 e. The lowest BCUT2D eigenvalue weighted by Gasteiger charge is -2.07. The Morgan fingerprint density at radius 1 is 1.06 bits per heavy atom. The summed E-state index contributed by atoms with van der Waals surface area (Å²) >= 11 is 0. The van der Waals surface area contributed by atoms with Gasteiger partial charge in [0, 0.05) is 36.1 Å². The van der Waals surface area contributed by atoms with Gasteiger partial charge in [-0.25, -0.2) is 0 Å². The summed E-state index contributed by atoms with van der Waals surface area (Å²) in [6, 6.07) is 17.4. The van der Waals surface area contributed by atoms with Crippen LogP contribution in [0.1, 0.15) is 17.0 Å². The first-order valence-electron chi connectivity index (χ1n) is 10.1. The fourth-order valence-corrected chi connectivity index (χ4v) is 3.23. The molecule has 7 nitrogen and oxygen atoms in total. The molecular formula is C25H22N4O3. The normalized spacial score (nSPS) is 10.9. The molecule has 0 spiro atoms. The van der Waals surface area contributed by atoms with Crippen molar-refractivity contribution < 1.29 is 13.9 Å². The molecule has 2 heterocycles. The van der Waals surface area contributed by atoms with Crippen molar-refractivity contribution in [3.05, 3.63) is 96.5 Å². The van der Waals surface area contributed by atoms with Gasteiger partial charge in [-0.05, 0) is 59.5 Å². The predicted octanol–water partition coefficient (Wildman–Crippen LogP) is 4.58. The highest BCUT2D eigenvalue weighted by molar-refractivity contribution is 6.02. The summed E-state index contributed by atoms with van der Waals surface area (Å²) in [7, 11) is 1.64. The number of hydrogen-bond acceptors (Lipinski definition) is 6. The molecule has 0 fully saturated rings. The smallest absolute Gasteiger partial charge is 0.248 e. The Kier molecular flexibility index (Phi) is 6.67. The summed E-state index contributed by atoms with van der Waals surface area (Å²) in [6.45, 7) is 0. The summed E-state index contributed by atoms with van der Waals surface area (Å²) in [6.07, 6.45) is 9.53. The molecule has 0 radical (unpaired) electrons. The average Bonchev–Trinajstić information content (AvgIpc) is 3.36. The van der Waals surface area contributed by atoms with Crippen molar-refractivity contribution in [3.63, 3.8) is 0 Å². The van der Waals surface area contributed by atoms with Crippen molar-refractivity contribution in [2.24, 2.45) is 0 Å². The first-order chi connectivity index (χ1) is 15.7. The standard InChI is InChI=1S/C25H22N4O3/c1-31-22-10-5-19(6-11-22)23-14-15-26-16-20(23)7-12-24(30)28-21-8-2-18(3-9-21)4-13-25-29-27-17-32-25/h2-3,5-12,14-17H,4,13H2,1H3,(H,28,30)/b12-7+. The van der Waals surface area contributed by atoms with Crippen molar-refractivity contribution in [2.75, 3.05) is 12.4 Å². The number of carbonyl (C=O) groups excluding carboxylic acids is 1. The van der Waals surface area contributed by atoms with Crippen molar-refractivity contribution in [2.45, 2.75) is 12.8 Å². The van der Waals surface area contributed by atoms with Crippen LogP contribution in [0.5, 0.6) is 5.75 Å². The molecule has 1 N–H and O–H groups in total. The molecule has 0 aliphatic rings. The topological polar surface area (TPSA) is 90.1 Å². The number of anilines is 1. The molecule has 2 aromatic carbocycles. The van der Waals surface area contributed by atoms with Gasteiger partial charge in [0.05, 0.1) is 7.11 Å². The van der Waals surface area contributed by atoms with E-state index in [4.69, 9.17) is 9.15 Å². The summed E-state index contributed by atoms with van der Waals surface area (Å²) in [4.78, 5) is 16.6. The highest BCUT2D eigenvalue weighted by Crippen LogP contribution is 2.26. The Morgan fingerprint density at radius 2 is 1.88 bits per heavy atom. The maximum atomic E-state index is 12.4. The Morgan fingerprint density at radius 3 is 2.59 bits per heavy atom.